The molecule has 8 heteroatoms. The first-order chi connectivity index (χ1) is 16.1. The lowest BCUT2D eigenvalue weighted by Gasteiger charge is -2.26. The summed E-state index contributed by atoms with van der Waals surface area (Å²) in [5.74, 6) is 1.06. The normalized spacial score (nSPS) is 14.2. The molecular formula is C25H29N3O5. The highest BCUT2D eigenvalue weighted by molar-refractivity contribution is 6.02. The number of aromatic nitrogens is 1. The van der Waals surface area contributed by atoms with Crippen molar-refractivity contribution in [3.8, 4) is 11.5 Å². The van der Waals surface area contributed by atoms with Gasteiger partial charge in [-0.05, 0) is 35.9 Å². The maximum absolute atomic E-state index is 13.1. The highest BCUT2D eigenvalue weighted by Gasteiger charge is 2.13. The van der Waals surface area contributed by atoms with Gasteiger partial charge in [0.2, 0.25) is 5.91 Å². The highest BCUT2D eigenvalue weighted by atomic mass is 16.5. The summed E-state index contributed by atoms with van der Waals surface area (Å²) in [5.41, 5.74) is 1.33. The van der Waals surface area contributed by atoms with Crippen LogP contribution in [0.1, 0.15) is 5.56 Å². The van der Waals surface area contributed by atoms with E-state index in [4.69, 9.17) is 14.2 Å². The number of amides is 1. The quantitative estimate of drug-likeness (QED) is 0.567. The van der Waals surface area contributed by atoms with Gasteiger partial charge in [0, 0.05) is 54.9 Å². The number of ether oxygens (including phenoxy) is 3. The monoisotopic (exact) mass is 451 g/mol. The molecule has 2 aromatic carbocycles. The fraction of sp³-hybridized carbons (Fsp3) is 0.360. The van der Waals surface area contributed by atoms with Gasteiger partial charge in [-0.3, -0.25) is 14.5 Å². The SMILES string of the molecule is COc1cc(CC(=O)Nc2cccc3c(=O)n(CCN4CCOCC4)ccc23)cc(OC)c1. The van der Waals surface area contributed by atoms with Crippen molar-refractivity contribution < 1.29 is 19.0 Å². The lowest BCUT2D eigenvalue weighted by atomic mass is 10.1. The molecule has 1 N–H and O–H groups in total. The molecule has 1 fully saturated rings. The molecule has 0 radical (unpaired) electrons. The molecule has 1 amide bonds. The number of morpholine rings is 1. The van der Waals surface area contributed by atoms with E-state index in [1.165, 1.54) is 0 Å². The Labute approximate surface area is 192 Å². The molecule has 0 saturated carbocycles. The Bertz CT molecular complexity index is 1160. The van der Waals surface area contributed by atoms with Crippen LogP contribution in [0, 0.1) is 0 Å². The predicted molar refractivity (Wildman–Crippen MR) is 127 cm³/mol. The summed E-state index contributed by atoms with van der Waals surface area (Å²) in [7, 11) is 3.14. The number of nitrogens with one attached hydrogen (secondary N) is 1. The third-order valence-electron chi connectivity index (χ3n) is 5.83. The van der Waals surface area contributed by atoms with E-state index in [0.29, 0.717) is 29.1 Å². The zero-order valence-electron chi connectivity index (χ0n) is 19.0. The number of methoxy groups -OCH3 is 2. The van der Waals surface area contributed by atoms with Crippen molar-refractivity contribution >= 4 is 22.4 Å². The van der Waals surface area contributed by atoms with Crippen LogP contribution in [0.25, 0.3) is 10.8 Å². The second-order valence-electron chi connectivity index (χ2n) is 7.98. The summed E-state index contributed by atoms with van der Waals surface area (Å²) in [6.45, 7) is 4.66. The molecule has 1 saturated heterocycles. The molecule has 0 atom stereocenters. The van der Waals surface area contributed by atoms with Crippen LogP contribution in [0.4, 0.5) is 5.69 Å². The molecule has 1 aliphatic heterocycles. The molecule has 2 heterocycles. The number of rotatable bonds is 8. The molecule has 0 unspecified atom stereocenters. The standard InChI is InChI=1S/C25H29N3O5/c1-31-19-14-18(15-20(17-19)32-2)16-24(29)26-23-5-3-4-22-21(23)6-7-28(25(22)30)9-8-27-10-12-33-13-11-27/h3-7,14-15,17H,8-13,16H2,1-2H3,(H,26,29). The Hall–Kier alpha value is -3.36. The molecule has 1 aliphatic rings. The number of hydrogen-bond acceptors (Lipinski definition) is 6. The Morgan fingerprint density at radius 2 is 1.73 bits per heavy atom. The van der Waals surface area contributed by atoms with Gasteiger partial charge in [0.05, 0.1) is 33.9 Å². The van der Waals surface area contributed by atoms with E-state index in [0.717, 1.165) is 43.8 Å². The van der Waals surface area contributed by atoms with Gasteiger partial charge in [0.15, 0.2) is 0 Å². The minimum atomic E-state index is -0.186. The molecule has 174 valence electrons. The van der Waals surface area contributed by atoms with Crippen molar-refractivity contribution in [2.75, 3.05) is 52.4 Å². The smallest absolute Gasteiger partial charge is 0.258 e. The molecule has 3 aromatic rings. The third kappa shape index (κ3) is 5.53. The molecule has 8 nitrogen and oxygen atoms in total. The second-order valence-corrected chi connectivity index (χ2v) is 7.98. The van der Waals surface area contributed by atoms with Crippen LogP contribution in [0.5, 0.6) is 11.5 Å². The lowest BCUT2D eigenvalue weighted by Crippen LogP contribution is -2.39. The van der Waals surface area contributed by atoms with E-state index in [1.54, 1.807) is 55.3 Å². The molecule has 4 rings (SSSR count). The Balaban J connectivity index is 1.49. The number of pyridine rings is 1. The van der Waals surface area contributed by atoms with Crippen molar-refractivity contribution in [3.05, 3.63) is 64.6 Å². The van der Waals surface area contributed by atoms with Crippen LogP contribution in [0.15, 0.2) is 53.5 Å². The lowest BCUT2D eigenvalue weighted by molar-refractivity contribution is -0.115. The minimum absolute atomic E-state index is 0.0607. The van der Waals surface area contributed by atoms with Gasteiger partial charge in [-0.2, -0.15) is 0 Å². The maximum Gasteiger partial charge on any atom is 0.258 e. The Morgan fingerprint density at radius 1 is 1.00 bits per heavy atom. The zero-order chi connectivity index (χ0) is 23.2. The number of carbonyl (C=O) groups is 1. The number of hydrogen-bond donors (Lipinski definition) is 1. The van der Waals surface area contributed by atoms with Crippen molar-refractivity contribution in [2.24, 2.45) is 0 Å². The van der Waals surface area contributed by atoms with Crippen molar-refractivity contribution in [1.82, 2.24) is 9.47 Å². The Kier molecular flexibility index (Phi) is 7.26. The van der Waals surface area contributed by atoms with Gasteiger partial charge < -0.3 is 24.1 Å². The summed E-state index contributed by atoms with van der Waals surface area (Å²) in [4.78, 5) is 28.1. The largest absolute Gasteiger partial charge is 0.497 e. The topological polar surface area (TPSA) is 82.0 Å². The molecule has 1 aromatic heterocycles. The molecule has 0 bridgehead atoms. The highest BCUT2D eigenvalue weighted by Crippen LogP contribution is 2.24. The molecular weight excluding hydrogens is 422 g/mol. The van der Waals surface area contributed by atoms with Gasteiger partial charge in [0.1, 0.15) is 11.5 Å². The summed E-state index contributed by atoms with van der Waals surface area (Å²) in [6, 6.07) is 12.7. The van der Waals surface area contributed by atoms with Gasteiger partial charge in [-0.25, -0.2) is 0 Å². The summed E-state index contributed by atoms with van der Waals surface area (Å²) in [5, 5.41) is 4.26. The van der Waals surface area contributed by atoms with Crippen molar-refractivity contribution in [1.29, 1.82) is 0 Å². The van der Waals surface area contributed by atoms with Crippen LogP contribution in [0.2, 0.25) is 0 Å². The number of anilines is 1. The number of carbonyl (C=O) groups excluding carboxylic acids is 1. The summed E-state index contributed by atoms with van der Waals surface area (Å²) < 4.78 is 17.7. The maximum atomic E-state index is 13.1. The van der Waals surface area contributed by atoms with E-state index in [2.05, 4.69) is 10.2 Å². The van der Waals surface area contributed by atoms with Crippen molar-refractivity contribution in [3.63, 3.8) is 0 Å². The minimum Gasteiger partial charge on any atom is -0.497 e. The first-order valence-corrected chi connectivity index (χ1v) is 11.0. The zero-order valence-corrected chi connectivity index (χ0v) is 19.0. The predicted octanol–water partition coefficient (Wildman–Crippen LogP) is 2.53. The molecule has 0 spiro atoms. The van der Waals surface area contributed by atoms with Gasteiger partial charge in [-0.15, -0.1) is 0 Å². The van der Waals surface area contributed by atoms with Crippen LogP contribution in [-0.2, 0) is 22.5 Å². The van der Waals surface area contributed by atoms with Crippen LogP contribution >= 0.6 is 0 Å². The first kappa shape index (κ1) is 22.8. The van der Waals surface area contributed by atoms with E-state index < -0.39 is 0 Å². The number of benzene rings is 2. The Morgan fingerprint density at radius 3 is 2.42 bits per heavy atom. The van der Waals surface area contributed by atoms with E-state index >= 15 is 0 Å². The van der Waals surface area contributed by atoms with Gasteiger partial charge in [-0.1, -0.05) is 6.07 Å². The third-order valence-corrected chi connectivity index (χ3v) is 5.83. The summed E-state index contributed by atoms with van der Waals surface area (Å²) >= 11 is 0. The fourth-order valence-electron chi connectivity index (χ4n) is 4.03. The van der Waals surface area contributed by atoms with Crippen LogP contribution in [0.3, 0.4) is 0 Å². The molecule has 33 heavy (non-hydrogen) atoms. The molecule has 0 aliphatic carbocycles. The van der Waals surface area contributed by atoms with E-state index in [-0.39, 0.29) is 17.9 Å². The fourth-order valence-corrected chi connectivity index (χ4v) is 4.03. The first-order valence-electron chi connectivity index (χ1n) is 11.0. The summed E-state index contributed by atoms with van der Waals surface area (Å²) in [6.07, 6.45) is 1.95. The number of nitrogens with zero attached hydrogens (tertiary/aromatic N) is 2. The van der Waals surface area contributed by atoms with Crippen molar-refractivity contribution in [2.45, 2.75) is 13.0 Å². The average Bonchev–Trinajstić information content (AvgIpc) is 2.84. The van der Waals surface area contributed by atoms with E-state index in [9.17, 15) is 9.59 Å². The van der Waals surface area contributed by atoms with E-state index in [1.807, 2.05) is 12.1 Å². The van der Waals surface area contributed by atoms with Gasteiger partial charge in [0.25, 0.3) is 5.56 Å². The van der Waals surface area contributed by atoms with Gasteiger partial charge >= 0.3 is 0 Å². The van der Waals surface area contributed by atoms with Crippen LogP contribution < -0.4 is 20.3 Å². The van der Waals surface area contributed by atoms with Crippen LogP contribution in [-0.4, -0.2) is 62.4 Å². The number of fused-ring (bicyclic) bond motifs is 1. The average molecular weight is 452 g/mol. The second kappa shape index (κ2) is 10.5.